The van der Waals surface area contributed by atoms with Gasteiger partial charge in [0.25, 0.3) is 5.91 Å². The van der Waals surface area contributed by atoms with Crippen molar-refractivity contribution in [2.24, 2.45) is 0 Å². The summed E-state index contributed by atoms with van der Waals surface area (Å²) >= 11 is 6.64. The molecule has 0 unspecified atom stereocenters. The van der Waals surface area contributed by atoms with Crippen LogP contribution in [0.3, 0.4) is 0 Å². The molecule has 2 aromatic rings. The Balaban J connectivity index is 2.10. The van der Waals surface area contributed by atoms with Gasteiger partial charge in [-0.3, -0.25) is 4.79 Å². The van der Waals surface area contributed by atoms with Crippen molar-refractivity contribution in [1.82, 2.24) is 10.2 Å². The fourth-order valence-corrected chi connectivity index (χ4v) is 1.84. The van der Waals surface area contributed by atoms with Crippen LogP contribution in [0.15, 0.2) is 24.3 Å². The van der Waals surface area contributed by atoms with Gasteiger partial charge in [-0.1, -0.05) is 29.0 Å². The molecule has 1 aromatic heterocycles. The Morgan fingerprint density at radius 2 is 2.00 bits per heavy atom. The van der Waals surface area contributed by atoms with Crippen LogP contribution in [0.5, 0.6) is 0 Å². The summed E-state index contributed by atoms with van der Waals surface area (Å²) in [7, 11) is 0. The first-order chi connectivity index (χ1) is 7.65. The highest BCUT2D eigenvalue weighted by molar-refractivity contribution is 7.17. The SMILES string of the molecule is Cc1ccc(NC(=O)c2nnc(Cl)s2)cc1. The summed E-state index contributed by atoms with van der Waals surface area (Å²) in [6, 6.07) is 7.50. The maximum atomic E-state index is 11.7. The number of hydrogen-bond acceptors (Lipinski definition) is 4. The number of halogens is 1. The standard InChI is InChI=1S/C10H8ClN3OS/c1-6-2-4-7(5-3-6)12-8(15)9-13-14-10(11)16-9/h2-5H,1H3,(H,12,15). The number of carbonyl (C=O) groups is 1. The number of nitrogens with zero attached hydrogens (tertiary/aromatic N) is 2. The largest absolute Gasteiger partial charge is 0.320 e. The summed E-state index contributed by atoms with van der Waals surface area (Å²) in [6.45, 7) is 1.98. The van der Waals surface area contributed by atoms with Crippen molar-refractivity contribution in [3.05, 3.63) is 39.3 Å². The molecule has 6 heteroatoms. The molecule has 0 aliphatic carbocycles. The third-order valence-electron chi connectivity index (χ3n) is 1.90. The van der Waals surface area contributed by atoms with Crippen molar-refractivity contribution in [2.45, 2.75) is 6.92 Å². The second-order valence-corrected chi connectivity index (χ2v) is 4.74. The highest BCUT2D eigenvalue weighted by atomic mass is 35.5. The molecule has 1 heterocycles. The molecule has 0 spiro atoms. The number of rotatable bonds is 2. The maximum absolute atomic E-state index is 11.7. The van der Waals surface area contributed by atoms with E-state index >= 15 is 0 Å². The Morgan fingerprint density at radius 3 is 2.56 bits per heavy atom. The number of nitrogens with one attached hydrogen (secondary N) is 1. The first kappa shape index (κ1) is 11.0. The average molecular weight is 254 g/mol. The third kappa shape index (κ3) is 2.56. The van der Waals surface area contributed by atoms with Gasteiger partial charge in [0.15, 0.2) is 0 Å². The van der Waals surface area contributed by atoms with Gasteiger partial charge in [0.05, 0.1) is 0 Å². The quantitative estimate of drug-likeness (QED) is 0.895. The minimum Gasteiger partial charge on any atom is -0.320 e. The molecule has 2 rings (SSSR count). The van der Waals surface area contributed by atoms with E-state index in [4.69, 9.17) is 11.6 Å². The zero-order valence-corrected chi connectivity index (χ0v) is 9.97. The van der Waals surface area contributed by atoms with Crippen LogP contribution in [-0.2, 0) is 0 Å². The van der Waals surface area contributed by atoms with Crippen LogP contribution in [0.4, 0.5) is 5.69 Å². The monoisotopic (exact) mass is 253 g/mol. The lowest BCUT2D eigenvalue weighted by Gasteiger charge is -2.02. The Hall–Kier alpha value is -1.46. The first-order valence-corrected chi connectivity index (χ1v) is 5.71. The average Bonchev–Trinajstić information content (AvgIpc) is 2.68. The van der Waals surface area contributed by atoms with Crippen LogP contribution in [0.1, 0.15) is 15.4 Å². The Bertz CT molecular complexity index is 509. The van der Waals surface area contributed by atoms with Crippen molar-refractivity contribution < 1.29 is 4.79 Å². The zero-order chi connectivity index (χ0) is 11.5. The second kappa shape index (κ2) is 4.59. The summed E-state index contributed by atoms with van der Waals surface area (Å²) in [4.78, 5) is 11.7. The first-order valence-electron chi connectivity index (χ1n) is 4.52. The van der Waals surface area contributed by atoms with Crippen molar-refractivity contribution >= 4 is 34.5 Å². The van der Waals surface area contributed by atoms with Gasteiger partial charge in [0, 0.05) is 5.69 Å². The molecule has 16 heavy (non-hydrogen) atoms. The molecule has 0 fully saturated rings. The van der Waals surface area contributed by atoms with Gasteiger partial charge in [-0.2, -0.15) is 0 Å². The minimum absolute atomic E-state index is 0.255. The molecule has 0 bridgehead atoms. The number of aryl methyl sites for hydroxylation is 1. The van der Waals surface area contributed by atoms with E-state index < -0.39 is 0 Å². The van der Waals surface area contributed by atoms with Crippen LogP contribution in [0.2, 0.25) is 4.47 Å². The van der Waals surface area contributed by atoms with Gasteiger partial charge in [-0.25, -0.2) is 0 Å². The Labute approximate surface area is 101 Å². The molecule has 4 nitrogen and oxygen atoms in total. The lowest BCUT2D eigenvalue weighted by atomic mass is 10.2. The van der Waals surface area contributed by atoms with E-state index in [1.165, 1.54) is 0 Å². The molecule has 0 aliphatic rings. The summed E-state index contributed by atoms with van der Waals surface area (Å²) in [5.74, 6) is -0.298. The highest BCUT2D eigenvalue weighted by Crippen LogP contribution is 2.16. The van der Waals surface area contributed by atoms with Crippen molar-refractivity contribution in [2.75, 3.05) is 5.32 Å². The predicted octanol–water partition coefficient (Wildman–Crippen LogP) is 2.75. The normalized spacial score (nSPS) is 10.1. The topological polar surface area (TPSA) is 54.9 Å². The zero-order valence-electron chi connectivity index (χ0n) is 8.40. The van der Waals surface area contributed by atoms with Crippen LogP contribution >= 0.6 is 22.9 Å². The van der Waals surface area contributed by atoms with Gasteiger partial charge in [0.1, 0.15) is 0 Å². The molecular weight excluding hydrogens is 246 g/mol. The number of benzene rings is 1. The molecule has 0 atom stereocenters. The van der Waals surface area contributed by atoms with E-state index in [1.54, 1.807) is 0 Å². The number of anilines is 1. The number of hydrogen-bond donors (Lipinski definition) is 1. The van der Waals surface area contributed by atoms with Gasteiger partial charge < -0.3 is 5.32 Å². The lowest BCUT2D eigenvalue weighted by Crippen LogP contribution is -2.11. The fourth-order valence-electron chi connectivity index (χ4n) is 1.12. The Kier molecular flexibility index (Phi) is 3.17. The van der Waals surface area contributed by atoms with Crippen molar-refractivity contribution in [1.29, 1.82) is 0 Å². The van der Waals surface area contributed by atoms with Crippen LogP contribution in [0.25, 0.3) is 0 Å². The Morgan fingerprint density at radius 1 is 1.31 bits per heavy atom. The van der Waals surface area contributed by atoms with E-state index in [9.17, 15) is 4.79 Å². The molecule has 82 valence electrons. The molecule has 1 N–H and O–H groups in total. The molecule has 0 radical (unpaired) electrons. The molecule has 1 aromatic carbocycles. The molecule has 0 saturated carbocycles. The molecule has 1 amide bonds. The van der Waals surface area contributed by atoms with E-state index in [0.29, 0.717) is 0 Å². The fraction of sp³-hybridized carbons (Fsp3) is 0.100. The van der Waals surface area contributed by atoms with E-state index in [0.717, 1.165) is 22.6 Å². The summed E-state index contributed by atoms with van der Waals surface area (Å²) in [5.41, 5.74) is 1.86. The van der Waals surface area contributed by atoms with E-state index in [2.05, 4.69) is 15.5 Å². The summed E-state index contributed by atoms with van der Waals surface area (Å²) in [6.07, 6.45) is 0. The minimum atomic E-state index is -0.298. The van der Waals surface area contributed by atoms with Gasteiger partial charge in [-0.15, -0.1) is 10.2 Å². The van der Waals surface area contributed by atoms with E-state index in [1.807, 2.05) is 31.2 Å². The molecule has 0 saturated heterocycles. The molecular formula is C10H8ClN3OS. The summed E-state index contributed by atoms with van der Waals surface area (Å²) < 4.78 is 0.258. The molecule has 0 aliphatic heterocycles. The van der Waals surface area contributed by atoms with Gasteiger partial charge >= 0.3 is 0 Å². The predicted molar refractivity (Wildman–Crippen MR) is 64.1 cm³/mol. The van der Waals surface area contributed by atoms with Crippen molar-refractivity contribution in [3.63, 3.8) is 0 Å². The smallest absolute Gasteiger partial charge is 0.286 e. The second-order valence-electron chi connectivity index (χ2n) is 3.18. The van der Waals surface area contributed by atoms with Crippen LogP contribution < -0.4 is 5.32 Å². The summed E-state index contributed by atoms with van der Waals surface area (Å²) in [5, 5.41) is 10.2. The van der Waals surface area contributed by atoms with Crippen LogP contribution in [0, 0.1) is 6.92 Å². The van der Waals surface area contributed by atoms with Gasteiger partial charge in [-0.05, 0) is 30.7 Å². The number of carbonyl (C=O) groups excluding carboxylic acids is 1. The third-order valence-corrected chi connectivity index (χ3v) is 2.92. The lowest BCUT2D eigenvalue weighted by molar-refractivity contribution is 0.102. The van der Waals surface area contributed by atoms with Gasteiger partial charge in [0.2, 0.25) is 9.47 Å². The van der Waals surface area contributed by atoms with Crippen molar-refractivity contribution in [3.8, 4) is 0 Å². The maximum Gasteiger partial charge on any atom is 0.286 e. The number of aromatic nitrogens is 2. The number of amides is 1. The van der Waals surface area contributed by atoms with E-state index in [-0.39, 0.29) is 15.4 Å². The van der Waals surface area contributed by atoms with Crippen LogP contribution in [-0.4, -0.2) is 16.1 Å². The highest BCUT2D eigenvalue weighted by Gasteiger charge is 2.11.